The fourth-order valence-electron chi connectivity index (χ4n) is 2.50. The van der Waals surface area contributed by atoms with E-state index in [1.54, 1.807) is 0 Å². The van der Waals surface area contributed by atoms with E-state index in [2.05, 4.69) is 44.0 Å². The van der Waals surface area contributed by atoms with Gasteiger partial charge in [0.05, 0.1) is 6.54 Å². The highest BCUT2D eigenvalue weighted by atomic mass is 79.9. The zero-order valence-electron chi connectivity index (χ0n) is 15.0. The summed E-state index contributed by atoms with van der Waals surface area (Å²) in [6.45, 7) is 3.79. The highest BCUT2D eigenvalue weighted by Gasteiger charge is 2.10. The highest BCUT2D eigenvalue weighted by molar-refractivity contribution is 9.10. The minimum Gasteiger partial charge on any atom is -0.336 e. The lowest BCUT2D eigenvalue weighted by Crippen LogP contribution is -2.43. The molecule has 0 radical (unpaired) electrons. The molecule has 2 aromatic rings. The van der Waals surface area contributed by atoms with Gasteiger partial charge in [0, 0.05) is 16.2 Å². The number of rotatable bonds is 7. The molecule has 0 saturated carbocycles. The lowest BCUT2D eigenvalue weighted by molar-refractivity contribution is -0.115. The number of hydrogen-bond acceptors (Lipinski definition) is 2. The summed E-state index contributed by atoms with van der Waals surface area (Å²) in [6.07, 6.45) is 1.73. The second-order valence-corrected chi connectivity index (χ2v) is 7.18. The molecule has 0 spiro atoms. The quantitative estimate of drug-likeness (QED) is 0.636. The molecule has 26 heavy (non-hydrogen) atoms. The third kappa shape index (κ3) is 6.88. The molecule has 0 bridgehead atoms. The first-order valence-corrected chi connectivity index (χ1v) is 9.37. The van der Waals surface area contributed by atoms with E-state index in [1.807, 2.05) is 50.2 Å². The second-order valence-electron chi connectivity index (χ2n) is 6.26. The van der Waals surface area contributed by atoms with E-state index < -0.39 is 0 Å². The van der Waals surface area contributed by atoms with Gasteiger partial charge in [-0.15, -0.1) is 0 Å². The van der Waals surface area contributed by atoms with Crippen molar-refractivity contribution in [3.63, 3.8) is 0 Å². The number of carbonyl (C=O) groups is 2. The van der Waals surface area contributed by atoms with Crippen molar-refractivity contribution < 1.29 is 9.59 Å². The van der Waals surface area contributed by atoms with Crippen LogP contribution in [0.5, 0.6) is 0 Å². The molecule has 2 rings (SSSR count). The molecular weight excluding hydrogens is 394 g/mol. The molecule has 6 heteroatoms. The summed E-state index contributed by atoms with van der Waals surface area (Å²) in [7, 11) is 0. The maximum atomic E-state index is 12.0. The van der Waals surface area contributed by atoms with E-state index in [-0.39, 0.29) is 24.5 Å². The van der Waals surface area contributed by atoms with E-state index in [1.165, 1.54) is 5.56 Å². The average molecular weight is 418 g/mol. The van der Waals surface area contributed by atoms with Crippen molar-refractivity contribution in [3.8, 4) is 0 Å². The van der Waals surface area contributed by atoms with Crippen LogP contribution in [0.15, 0.2) is 53.0 Å². The fourth-order valence-corrected chi connectivity index (χ4v) is 2.97. The van der Waals surface area contributed by atoms with E-state index in [0.717, 1.165) is 28.6 Å². The molecule has 2 aromatic carbocycles. The first-order chi connectivity index (χ1) is 12.4. The Balaban J connectivity index is 1.69. The van der Waals surface area contributed by atoms with Crippen LogP contribution in [0.3, 0.4) is 0 Å². The summed E-state index contributed by atoms with van der Waals surface area (Å²) >= 11 is 3.38. The first-order valence-electron chi connectivity index (χ1n) is 8.58. The summed E-state index contributed by atoms with van der Waals surface area (Å²) in [4.78, 5) is 23.9. The van der Waals surface area contributed by atoms with E-state index in [4.69, 9.17) is 0 Å². The predicted octanol–water partition coefficient (Wildman–Crippen LogP) is 4.02. The number of urea groups is 1. The van der Waals surface area contributed by atoms with Crippen molar-refractivity contribution >= 4 is 33.6 Å². The largest absolute Gasteiger partial charge is 0.336 e. The zero-order chi connectivity index (χ0) is 18.9. The van der Waals surface area contributed by atoms with Crippen molar-refractivity contribution in [3.05, 3.63) is 64.1 Å². The highest BCUT2D eigenvalue weighted by Crippen LogP contribution is 2.19. The van der Waals surface area contributed by atoms with Crippen LogP contribution < -0.4 is 16.0 Å². The molecule has 0 heterocycles. The van der Waals surface area contributed by atoms with Crippen LogP contribution in [0.1, 0.15) is 24.5 Å². The lowest BCUT2D eigenvalue weighted by atomic mass is 10.1. The Bertz CT molecular complexity index is 750. The lowest BCUT2D eigenvalue weighted by Gasteiger charge is -2.15. The van der Waals surface area contributed by atoms with Crippen molar-refractivity contribution in [2.75, 3.05) is 11.9 Å². The molecule has 3 N–H and O–H groups in total. The van der Waals surface area contributed by atoms with Gasteiger partial charge in [0.2, 0.25) is 5.91 Å². The van der Waals surface area contributed by atoms with Crippen molar-refractivity contribution in [1.82, 2.24) is 10.6 Å². The Kier molecular flexibility index (Phi) is 7.66. The number of aryl methyl sites for hydroxylation is 2. The molecule has 1 unspecified atom stereocenters. The normalized spacial score (nSPS) is 11.5. The standard InChI is InChI=1S/C20H24BrN3O2/c1-14-12-17(21)10-11-18(14)24-19(25)13-22-20(26)23-15(2)8-9-16-6-4-3-5-7-16/h3-7,10-12,15H,8-9,13H2,1-2H3,(H,24,25)(H2,22,23,26). The second kappa shape index (κ2) is 9.97. The molecule has 0 aliphatic carbocycles. The van der Waals surface area contributed by atoms with Crippen molar-refractivity contribution in [2.24, 2.45) is 0 Å². The molecular formula is C20H24BrN3O2. The molecule has 0 aliphatic heterocycles. The van der Waals surface area contributed by atoms with Gasteiger partial charge in [-0.05, 0) is 56.0 Å². The van der Waals surface area contributed by atoms with Gasteiger partial charge in [-0.25, -0.2) is 4.79 Å². The molecule has 0 aliphatic rings. The van der Waals surface area contributed by atoms with Crippen LogP contribution in [-0.2, 0) is 11.2 Å². The zero-order valence-corrected chi connectivity index (χ0v) is 16.6. The van der Waals surface area contributed by atoms with Crippen LogP contribution >= 0.6 is 15.9 Å². The number of carbonyl (C=O) groups excluding carboxylic acids is 2. The molecule has 5 nitrogen and oxygen atoms in total. The SMILES string of the molecule is Cc1cc(Br)ccc1NC(=O)CNC(=O)NC(C)CCc1ccccc1. The van der Waals surface area contributed by atoms with Gasteiger partial charge in [-0.1, -0.05) is 46.3 Å². The number of halogens is 1. The molecule has 0 saturated heterocycles. The fraction of sp³-hybridized carbons (Fsp3) is 0.300. The van der Waals surface area contributed by atoms with Crippen LogP contribution in [0.2, 0.25) is 0 Å². The number of amides is 3. The Morgan fingerprint density at radius 2 is 1.85 bits per heavy atom. The maximum Gasteiger partial charge on any atom is 0.315 e. The summed E-state index contributed by atoms with van der Waals surface area (Å²) in [5.41, 5.74) is 2.93. The maximum absolute atomic E-state index is 12.0. The Labute approximate surface area is 162 Å². The molecule has 3 amide bonds. The van der Waals surface area contributed by atoms with Gasteiger partial charge in [0.1, 0.15) is 0 Å². The predicted molar refractivity (Wildman–Crippen MR) is 108 cm³/mol. The molecule has 1 atom stereocenters. The van der Waals surface area contributed by atoms with Gasteiger partial charge in [-0.3, -0.25) is 4.79 Å². The Morgan fingerprint density at radius 1 is 1.12 bits per heavy atom. The van der Waals surface area contributed by atoms with Gasteiger partial charge in [-0.2, -0.15) is 0 Å². The van der Waals surface area contributed by atoms with E-state index >= 15 is 0 Å². The number of benzene rings is 2. The van der Waals surface area contributed by atoms with Gasteiger partial charge >= 0.3 is 6.03 Å². The minimum absolute atomic E-state index is 0.0204. The smallest absolute Gasteiger partial charge is 0.315 e. The Morgan fingerprint density at radius 3 is 2.54 bits per heavy atom. The van der Waals surface area contributed by atoms with Crippen molar-refractivity contribution in [2.45, 2.75) is 32.7 Å². The van der Waals surface area contributed by atoms with Gasteiger partial charge in [0.25, 0.3) is 0 Å². The summed E-state index contributed by atoms with van der Waals surface area (Å²) in [5, 5.41) is 8.23. The van der Waals surface area contributed by atoms with E-state index in [0.29, 0.717) is 0 Å². The van der Waals surface area contributed by atoms with Crippen LogP contribution in [0.25, 0.3) is 0 Å². The van der Waals surface area contributed by atoms with Crippen LogP contribution in [0.4, 0.5) is 10.5 Å². The third-order valence-electron chi connectivity index (χ3n) is 3.96. The summed E-state index contributed by atoms with van der Waals surface area (Å²) < 4.78 is 0.954. The molecule has 0 fully saturated rings. The van der Waals surface area contributed by atoms with Crippen molar-refractivity contribution in [1.29, 1.82) is 0 Å². The van der Waals surface area contributed by atoms with Gasteiger partial charge < -0.3 is 16.0 Å². The Hall–Kier alpha value is -2.34. The van der Waals surface area contributed by atoms with Crippen LogP contribution in [0, 0.1) is 6.92 Å². The van der Waals surface area contributed by atoms with E-state index in [9.17, 15) is 9.59 Å². The van der Waals surface area contributed by atoms with Crippen LogP contribution in [-0.4, -0.2) is 24.5 Å². The number of nitrogens with one attached hydrogen (secondary N) is 3. The third-order valence-corrected chi connectivity index (χ3v) is 4.45. The summed E-state index contributed by atoms with van der Waals surface area (Å²) in [5.74, 6) is -0.262. The average Bonchev–Trinajstić information content (AvgIpc) is 2.61. The summed E-state index contributed by atoms with van der Waals surface area (Å²) in [6, 6.07) is 15.4. The van der Waals surface area contributed by atoms with Gasteiger partial charge in [0.15, 0.2) is 0 Å². The minimum atomic E-state index is -0.340. The molecule has 138 valence electrons. The first kappa shape index (κ1) is 20.0. The topological polar surface area (TPSA) is 70.2 Å². The number of anilines is 1. The molecule has 0 aromatic heterocycles. The monoisotopic (exact) mass is 417 g/mol. The number of hydrogen-bond donors (Lipinski definition) is 3.